The Morgan fingerprint density at radius 3 is 2.05 bits per heavy atom. The van der Waals surface area contributed by atoms with Gasteiger partial charge in [-0.25, -0.2) is 0 Å². The molecule has 108 valence electrons. The van der Waals surface area contributed by atoms with Gasteiger partial charge in [0.2, 0.25) is 5.91 Å². The average molecular weight is 285 g/mol. The molecule has 0 fully saturated rings. The van der Waals surface area contributed by atoms with E-state index in [0.717, 1.165) is 11.1 Å². The number of carbonyl (C=O) groups excluding carboxylic acids is 1. The molecule has 0 saturated heterocycles. The topological polar surface area (TPSA) is 89.6 Å². The Bertz CT molecular complexity index is 632. The predicted octanol–water partition coefficient (Wildman–Crippen LogP) is 1.99. The van der Waals surface area contributed by atoms with Gasteiger partial charge in [-0.2, -0.15) is 0 Å². The number of hydrogen-bond donors (Lipinski definition) is 2. The number of rotatable bonds is 6. The minimum atomic E-state index is -0.853. The minimum absolute atomic E-state index is 0.00964. The predicted molar refractivity (Wildman–Crippen MR) is 77.1 cm³/mol. The molecule has 5 heteroatoms. The van der Waals surface area contributed by atoms with Crippen LogP contribution in [0.15, 0.2) is 48.5 Å². The van der Waals surface area contributed by atoms with E-state index in [0.29, 0.717) is 17.9 Å². The van der Waals surface area contributed by atoms with Crippen LogP contribution in [0.2, 0.25) is 0 Å². The first-order valence-corrected chi connectivity index (χ1v) is 6.37. The summed E-state index contributed by atoms with van der Waals surface area (Å²) in [5.41, 5.74) is 7.27. The molecule has 0 saturated carbocycles. The van der Waals surface area contributed by atoms with Gasteiger partial charge < -0.3 is 15.6 Å². The number of carboxylic acids is 1. The van der Waals surface area contributed by atoms with E-state index in [1.807, 2.05) is 12.1 Å². The van der Waals surface area contributed by atoms with Crippen molar-refractivity contribution in [3.8, 4) is 5.75 Å². The van der Waals surface area contributed by atoms with Crippen molar-refractivity contribution in [2.24, 2.45) is 5.73 Å². The second-order valence-electron chi connectivity index (χ2n) is 4.56. The zero-order valence-electron chi connectivity index (χ0n) is 11.3. The summed E-state index contributed by atoms with van der Waals surface area (Å²) >= 11 is 0. The molecule has 0 aliphatic carbocycles. The van der Waals surface area contributed by atoms with E-state index in [-0.39, 0.29) is 6.42 Å². The third-order valence-electron chi connectivity index (χ3n) is 2.92. The number of amides is 1. The van der Waals surface area contributed by atoms with Gasteiger partial charge in [0.25, 0.3) is 0 Å². The van der Waals surface area contributed by atoms with Crippen molar-refractivity contribution in [3.05, 3.63) is 65.2 Å². The molecule has 0 spiro atoms. The van der Waals surface area contributed by atoms with Crippen LogP contribution in [-0.2, 0) is 17.8 Å². The zero-order chi connectivity index (χ0) is 15.2. The van der Waals surface area contributed by atoms with Gasteiger partial charge >= 0.3 is 5.97 Å². The van der Waals surface area contributed by atoms with Gasteiger partial charge in [-0.3, -0.25) is 9.59 Å². The fourth-order valence-corrected chi connectivity index (χ4v) is 1.81. The highest BCUT2D eigenvalue weighted by Gasteiger charge is 2.02. The van der Waals surface area contributed by atoms with Gasteiger partial charge in [-0.15, -0.1) is 0 Å². The lowest BCUT2D eigenvalue weighted by atomic mass is 10.1. The van der Waals surface area contributed by atoms with E-state index in [1.165, 1.54) is 0 Å². The monoisotopic (exact) mass is 285 g/mol. The molecule has 0 heterocycles. The van der Waals surface area contributed by atoms with Crippen LogP contribution in [-0.4, -0.2) is 17.0 Å². The van der Waals surface area contributed by atoms with E-state index in [2.05, 4.69) is 0 Å². The molecule has 5 nitrogen and oxygen atoms in total. The molecule has 0 atom stereocenters. The molecule has 2 aromatic carbocycles. The number of benzene rings is 2. The number of primary amides is 1. The molecular formula is C16H15NO4. The Balaban J connectivity index is 1.93. The van der Waals surface area contributed by atoms with Crippen LogP contribution in [0.5, 0.6) is 5.75 Å². The van der Waals surface area contributed by atoms with Gasteiger partial charge in [-0.05, 0) is 35.4 Å². The fraction of sp³-hybridized carbons (Fsp3) is 0.125. The largest absolute Gasteiger partial charge is 0.489 e. The van der Waals surface area contributed by atoms with Crippen molar-refractivity contribution >= 4 is 11.9 Å². The van der Waals surface area contributed by atoms with Crippen molar-refractivity contribution in [3.63, 3.8) is 0 Å². The number of hydrogen-bond acceptors (Lipinski definition) is 3. The second kappa shape index (κ2) is 6.56. The minimum Gasteiger partial charge on any atom is -0.489 e. The number of carboxylic acid groups (broad SMARTS) is 1. The number of aliphatic carboxylic acids is 1. The average Bonchev–Trinajstić information content (AvgIpc) is 2.46. The third kappa shape index (κ3) is 4.35. The summed E-state index contributed by atoms with van der Waals surface area (Å²) in [5.74, 6) is -0.696. The maximum absolute atomic E-state index is 10.9. The van der Waals surface area contributed by atoms with Crippen molar-refractivity contribution in [1.82, 2.24) is 0 Å². The summed E-state index contributed by atoms with van der Waals surface area (Å²) in [7, 11) is 0. The van der Waals surface area contributed by atoms with Crippen LogP contribution in [0.3, 0.4) is 0 Å². The van der Waals surface area contributed by atoms with E-state index in [9.17, 15) is 9.59 Å². The summed E-state index contributed by atoms with van der Waals surface area (Å²) in [6, 6.07) is 13.8. The van der Waals surface area contributed by atoms with Crippen LogP contribution < -0.4 is 10.5 Å². The molecule has 0 radical (unpaired) electrons. The van der Waals surface area contributed by atoms with Gasteiger partial charge in [0.1, 0.15) is 12.4 Å². The second-order valence-corrected chi connectivity index (χ2v) is 4.56. The van der Waals surface area contributed by atoms with Gasteiger partial charge in [0.05, 0.1) is 6.42 Å². The first kappa shape index (κ1) is 14.6. The van der Waals surface area contributed by atoms with E-state index in [1.54, 1.807) is 36.4 Å². The van der Waals surface area contributed by atoms with Gasteiger partial charge in [-0.1, -0.05) is 24.3 Å². The lowest BCUT2D eigenvalue weighted by Crippen LogP contribution is -2.10. The number of carbonyl (C=O) groups is 2. The lowest BCUT2D eigenvalue weighted by Gasteiger charge is -2.07. The maximum atomic E-state index is 10.9. The summed E-state index contributed by atoms with van der Waals surface area (Å²) in [6.07, 6.45) is 0.00964. The van der Waals surface area contributed by atoms with Crippen molar-refractivity contribution < 1.29 is 19.4 Å². The quantitative estimate of drug-likeness (QED) is 0.849. The molecule has 0 aliphatic heterocycles. The van der Waals surface area contributed by atoms with Crippen LogP contribution >= 0.6 is 0 Å². The first-order chi connectivity index (χ1) is 10.0. The normalized spacial score (nSPS) is 10.1. The molecule has 0 unspecified atom stereocenters. The maximum Gasteiger partial charge on any atom is 0.307 e. The highest BCUT2D eigenvalue weighted by atomic mass is 16.5. The third-order valence-corrected chi connectivity index (χ3v) is 2.92. The molecular weight excluding hydrogens is 270 g/mol. The number of ether oxygens (including phenoxy) is 1. The Hall–Kier alpha value is -2.82. The fourth-order valence-electron chi connectivity index (χ4n) is 1.81. The number of nitrogens with two attached hydrogens (primary N) is 1. The molecule has 1 amide bonds. The van der Waals surface area contributed by atoms with Crippen LogP contribution in [0.4, 0.5) is 0 Å². The molecule has 0 aromatic heterocycles. The lowest BCUT2D eigenvalue weighted by molar-refractivity contribution is -0.136. The zero-order valence-corrected chi connectivity index (χ0v) is 11.3. The Kier molecular flexibility index (Phi) is 4.56. The van der Waals surface area contributed by atoms with E-state index < -0.39 is 11.9 Å². The molecule has 0 bridgehead atoms. The molecule has 2 aromatic rings. The molecule has 0 aliphatic rings. The summed E-state index contributed by atoms with van der Waals surface area (Å²) < 4.78 is 5.58. The summed E-state index contributed by atoms with van der Waals surface area (Å²) in [5, 5.41) is 8.69. The molecule has 2 rings (SSSR count). The van der Waals surface area contributed by atoms with E-state index in [4.69, 9.17) is 15.6 Å². The summed E-state index contributed by atoms with van der Waals surface area (Å²) in [4.78, 5) is 21.5. The first-order valence-electron chi connectivity index (χ1n) is 6.37. The Morgan fingerprint density at radius 2 is 1.52 bits per heavy atom. The van der Waals surface area contributed by atoms with Gasteiger partial charge in [0, 0.05) is 5.56 Å². The molecule has 21 heavy (non-hydrogen) atoms. The van der Waals surface area contributed by atoms with Crippen LogP contribution in [0.25, 0.3) is 0 Å². The van der Waals surface area contributed by atoms with Crippen LogP contribution in [0, 0.1) is 0 Å². The van der Waals surface area contributed by atoms with Crippen molar-refractivity contribution in [2.75, 3.05) is 0 Å². The standard InChI is InChI=1S/C16H15NO4/c17-16(20)13-5-7-14(8-6-13)21-10-12-3-1-11(2-4-12)9-15(18)19/h1-8H,9-10H2,(H2,17,20)(H,18,19). The van der Waals surface area contributed by atoms with Crippen molar-refractivity contribution in [1.29, 1.82) is 0 Å². The van der Waals surface area contributed by atoms with Crippen molar-refractivity contribution in [2.45, 2.75) is 13.0 Å². The highest BCUT2D eigenvalue weighted by molar-refractivity contribution is 5.92. The van der Waals surface area contributed by atoms with E-state index >= 15 is 0 Å². The Labute approximate surface area is 122 Å². The summed E-state index contributed by atoms with van der Waals surface area (Å²) in [6.45, 7) is 0.364. The SMILES string of the molecule is NC(=O)c1ccc(OCc2ccc(CC(=O)O)cc2)cc1. The van der Waals surface area contributed by atoms with Crippen LogP contribution in [0.1, 0.15) is 21.5 Å². The highest BCUT2D eigenvalue weighted by Crippen LogP contribution is 2.14. The van der Waals surface area contributed by atoms with Gasteiger partial charge in [0.15, 0.2) is 0 Å². The smallest absolute Gasteiger partial charge is 0.307 e. The molecule has 3 N–H and O–H groups in total. The Morgan fingerprint density at radius 1 is 0.952 bits per heavy atom.